The van der Waals surface area contributed by atoms with Crippen LogP contribution >= 0.6 is 0 Å². The van der Waals surface area contributed by atoms with Crippen LogP contribution in [0.1, 0.15) is 61.1 Å². The Morgan fingerprint density at radius 1 is 0.769 bits per heavy atom. The second kappa shape index (κ2) is 13.2. The number of aliphatic carboxylic acids is 1. The number of fused-ring (bicyclic) bond motifs is 5. The van der Waals surface area contributed by atoms with Crippen LogP contribution in [0.3, 0.4) is 0 Å². The van der Waals surface area contributed by atoms with Gasteiger partial charge in [-0.1, -0.05) is 109 Å². The molecule has 4 aromatic carbocycles. The number of Topliss-reactive ketones (excluding diaryl/α,β-unsaturated/α-hetero) is 1. The van der Waals surface area contributed by atoms with Gasteiger partial charge in [-0.3, -0.25) is 28.9 Å². The molecule has 2 fully saturated rings. The summed E-state index contributed by atoms with van der Waals surface area (Å²) in [6, 6.07) is 29.6. The van der Waals surface area contributed by atoms with Gasteiger partial charge in [-0.2, -0.15) is 0 Å². The van der Waals surface area contributed by atoms with Gasteiger partial charge >= 0.3 is 5.97 Å². The number of carboxylic acid groups (broad SMARTS) is 1. The van der Waals surface area contributed by atoms with Crippen molar-refractivity contribution < 1.29 is 34.2 Å². The van der Waals surface area contributed by atoms with Gasteiger partial charge in [0, 0.05) is 35.8 Å². The first-order chi connectivity index (χ1) is 25.2. The Balaban J connectivity index is 1.31. The molecule has 1 aliphatic heterocycles. The van der Waals surface area contributed by atoms with Gasteiger partial charge in [0.1, 0.15) is 5.75 Å². The van der Waals surface area contributed by atoms with Crippen molar-refractivity contribution in [3.05, 3.63) is 131 Å². The van der Waals surface area contributed by atoms with Crippen molar-refractivity contribution in [1.29, 1.82) is 0 Å². The summed E-state index contributed by atoms with van der Waals surface area (Å²) in [5.74, 6) is -4.93. The Bertz CT molecular complexity index is 2190. The molecule has 1 saturated carbocycles. The van der Waals surface area contributed by atoms with Gasteiger partial charge in [0.25, 0.3) is 0 Å². The van der Waals surface area contributed by atoms with Crippen molar-refractivity contribution in [1.82, 2.24) is 4.90 Å². The fraction of sp³-hybridized carbons (Fsp3) is 0.295. The quantitative estimate of drug-likeness (QED) is 0.110. The fourth-order valence-electron chi connectivity index (χ4n) is 9.79. The average molecular weight is 694 g/mol. The van der Waals surface area contributed by atoms with Crippen molar-refractivity contribution in [2.75, 3.05) is 6.54 Å². The zero-order valence-electron chi connectivity index (χ0n) is 28.6. The molecular formula is C44H39NO7. The number of nitrogens with zero attached hydrogens (tertiary/aromatic N) is 1. The second-order valence-corrected chi connectivity index (χ2v) is 14.5. The van der Waals surface area contributed by atoms with E-state index in [1.807, 2.05) is 91.0 Å². The normalized spacial score (nSPS) is 26.8. The molecule has 2 amide bonds. The molecule has 52 heavy (non-hydrogen) atoms. The fourth-order valence-corrected chi connectivity index (χ4v) is 9.79. The van der Waals surface area contributed by atoms with Gasteiger partial charge in [0.15, 0.2) is 11.6 Å². The monoisotopic (exact) mass is 693 g/mol. The third-order valence-electron chi connectivity index (χ3n) is 12.0. The average Bonchev–Trinajstić information content (AvgIpc) is 3.41. The number of unbranched alkanes of at least 4 members (excludes halogenated alkanes) is 2. The zero-order chi connectivity index (χ0) is 36.1. The van der Waals surface area contributed by atoms with Gasteiger partial charge in [-0.05, 0) is 65.8 Å². The summed E-state index contributed by atoms with van der Waals surface area (Å²) in [6.45, 7) is 0.216. The summed E-state index contributed by atoms with van der Waals surface area (Å²) >= 11 is 0. The predicted octanol–water partition coefficient (Wildman–Crippen LogP) is 7.01. The summed E-state index contributed by atoms with van der Waals surface area (Å²) in [7, 11) is 0. The highest BCUT2D eigenvalue weighted by Gasteiger charge is 2.66. The summed E-state index contributed by atoms with van der Waals surface area (Å²) in [4.78, 5) is 71.1. The first-order valence-corrected chi connectivity index (χ1v) is 18.1. The van der Waals surface area contributed by atoms with Gasteiger partial charge in [0.05, 0.1) is 17.3 Å². The van der Waals surface area contributed by atoms with E-state index in [-0.39, 0.29) is 48.5 Å². The number of amides is 2. The van der Waals surface area contributed by atoms with E-state index in [9.17, 15) is 19.5 Å². The van der Waals surface area contributed by atoms with Crippen molar-refractivity contribution in [3.63, 3.8) is 0 Å². The molecule has 8 nitrogen and oxygen atoms in total. The molecule has 1 heterocycles. The van der Waals surface area contributed by atoms with E-state index in [0.29, 0.717) is 47.8 Å². The van der Waals surface area contributed by atoms with Crippen molar-refractivity contribution in [2.24, 2.45) is 23.7 Å². The number of benzene rings is 4. The van der Waals surface area contributed by atoms with Crippen LogP contribution in [-0.2, 0) is 29.4 Å². The van der Waals surface area contributed by atoms with E-state index in [0.717, 1.165) is 16.5 Å². The Labute approximate surface area is 301 Å². The molecule has 0 radical (unpaired) electrons. The number of carbonyl (C=O) groups is 5. The number of phenols is 1. The molecule has 2 N–H and O–H groups in total. The summed E-state index contributed by atoms with van der Waals surface area (Å²) < 4.78 is 0. The number of imide groups is 1. The molecule has 3 aliphatic carbocycles. The Morgan fingerprint density at radius 2 is 1.46 bits per heavy atom. The first-order valence-electron chi connectivity index (χ1n) is 18.1. The predicted molar refractivity (Wildman–Crippen MR) is 195 cm³/mol. The smallest absolute Gasteiger partial charge is 0.303 e. The molecule has 262 valence electrons. The molecule has 6 atom stereocenters. The number of likely N-dealkylation sites (tertiary alicyclic amines) is 1. The molecule has 6 unspecified atom stereocenters. The highest BCUT2D eigenvalue weighted by molar-refractivity contribution is 6.31. The molecule has 0 spiro atoms. The highest BCUT2D eigenvalue weighted by Crippen LogP contribution is 2.64. The molecular weight excluding hydrogens is 654 g/mol. The topological polar surface area (TPSA) is 129 Å². The zero-order valence-corrected chi connectivity index (χ0v) is 28.6. The van der Waals surface area contributed by atoms with Gasteiger partial charge in [-0.25, -0.2) is 0 Å². The SMILES string of the molecule is O=C(O)CCCCCN1C(=O)C2CC=C3C(CC4C(=O)C(c5ccccc5)=CC(=O)C4(c4ccccc4)C3c3ccc(O)c4ccccc34)C2C1=O. The maximum atomic E-state index is 15.3. The Hall–Kier alpha value is -5.63. The van der Waals surface area contributed by atoms with E-state index >= 15 is 9.59 Å². The van der Waals surface area contributed by atoms with Gasteiger partial charge in [0.2, 0.25) is 11.8 Å². The molecule has 8 heteroatoms. The number of phenolic OH excluding ortho intramolecular Hbond substituents is 1. The lowest BCUT2D eigenvalue weighted by molar-refractivity contribution is -0.141. The number of ketones is 2. The van der Waals surface area contributed by atoms with Crippen LogP contribution in [-0.4, -0.2) is 51.0 Å². The third-order valence-corrected chi connectivity index (χ3v) is 12.0. The number of hydrogen-bond acceptors (Lipinski definition) is 6. The molecule has 8 rings (SSSR count). The van der Waals surface area contributed by atoms with Crippen molar-refractivity contribution in [2.45, 2.75) is 49.9 Å². The van der Waals surface area contributed by atoms with E-state index in [1.54, 1.807) is 6.07 Å². The van der Waals surface area contributed by atoms with E-state index in [2.05, 4.69) is 6.08 Å². The number of allylic oxidation sites excluding steroid dienone is 4. The van der Waals surface area contributed by atoms with Crippen LogP contribution in [0, 0.1) is 23.7 Å². The number of carboxylic acids is 1. The van der Waals surface area contributed by atoms with Crippen molar-refractivity contribution in [3.8, 4) is 5.75 Å². The summed E-state index contributed by atoms with van der Waals surface area (Å²) in [5, 5.41) is 21.4. The number of carbonyl (C=O) groups excluding carboxylic acids is 4. The van der Waals surface area contributed by atoms with Crippen LogP contribution < -0.4 is 0 Å². The number of aromatic hydroxyl groups is 1. The van der Waals surface area contributed by atoms with Gasteiger partial charge in [-0.15, -0.1) is 0 Å². The Morgan fingerprint density at radius 3 is 2.19 bits per heavy atom. The minimum Gasteiger partial charge on any atom is -0.507 e. The molecule has 4 aliphatic rings. The lowest BCUT2D eigenvalue weighted by Gasteiger charge is -2.55. The van der Waals surface area contributed by atoms with E-state index < -0.39 is 41.0 Å². The van der Waals surface area contributed by atoms with Crippen LogP contribution in [0.5, 0.6) is 5.75 Å². The highest BCUT2D eigenvalue weighted by atomic mass is 16.4. The van der Waals surface area contributed by atoms with Crippen LogP contribution in [0.2, 0.25) is 0 Å². The first kappa shape index (κ1) is 33.5. The number of hydrogen-bond donors (Lipinski definition) is 2. The van der Waals surface area contributed by atoms with Crippen LogP contribution in [0.15, 0.2) is 115 Å². The van der Waals surface area contributed by atoms with Crippen molar-refractivity contribution >= 4 is 45.7 Å². The standard InChI is InChI=1S/C44H39NO7/c46-36-22-21-30(28-16-9-10-17-29(28)36)40-31-19-20-32-39(43(52)45(42(32)51)23-11-3-8-18-38(48)49)34(31)24-35-41(50)33(26-12-4-1-5-13-26)25-37(47)44(35,40)27-14-6-2-7-15-27/h1-2,4-7,9-10,12-17,19,21-22,25,32,34-35,39-40,46H,3,8,11,18,20,23-24H2,(H,48,49). The summed E-state index contributed by atoms with van der Waals surface area (Å²) in [6.07, 6.45) is 5.69. The molecule has 0 bridgehead atoms. The maximum absolute atomic E-state index is 15.3. The Kier molecular flexibility index (Phi) is 8.48. The second-order valence-electron chi connectivity index (χ2n) is 14.5. The molecule has 0 aromatic heterocycles. The minimum atomic E-state index is -1.36. The lowest BCUT2D eigenvalue weighted by atomic mass is 9.44. The van der Waals surface area contributed by atoms with Crippen LogP contribution in [0.25, 0.3) is 16.3 Å². The van der Waals surface area contributed by atoms with Gasteiger partial charge < -0.3 is 10.2 Å². The maximum Gasteiger partial charge on any atom is 0.303 e. The van der Waals surface area contributed by atoms with Crippen LogP contribution in [0.4, 0.5) is 0 Å². The summed E-state index contributed by atoms with van der Waals surface area (Å²) in [5.41, 5.74) is 2.00. The largest absolute Gasteiger partial charge is 0.507 e. The minimum absolute atomic E-state index is 0.0343. The molecule has 1 saturated heterocycles. The lowest BCUT2D eigenvalue weighted by Crippen LogP contribution is -2.58. The third kappa shape index (κ3) is 5.14. The van der Waals surface area contributed by atoms with E-state index in [1.165, 1.54) is 11.0 Å². The number of rotatable bonds is 9. The molecule has 4 aromatic rings. The van der Waals surface area contributed by atoms with E-state index in [4.69, 9.17) is 5.11 Å².